The number of benzene rings is 2. The average Bonchev–Trinajstić information content (AvgIpc) is 2.90. The molecule has 4 N–H and O–H groups in total. The second-order valence-corrected chi connectivity index (χ2v) is 8.83. The zero-order valence-corrected chi connectivity index (χ0v) is 20.8. The fourth-order valence-electron chi connectivity index (χ4n) is 3.92. The molecule has 11 heteroatoms. The number of hydrogen-bond donors (Lipinski definition) is 3. The molecule has 0 unspecified atom stereocenters. The summed E-state index contributed by atoms with van der Waals surface area (Å²) in [4.78, 5) is 28.5. The molecule has 10 nitrogen and oxygen atoms in total. The van der Waals surface area contributed by atoms with Crippen molar-refractivity contribution in [3.63, 3.8) is 0 Å². The van der Waals surface area contributed by atoms with E-state index in [1.54, 1.807) is 19.2 Å². The van der Waals surface area contributed by atoms with Crippen LogP contribution in [0.5, 0.6) is 11.5 Å². The van der Waals surface area contributed by atoms with E-state index in [-0.39, 0.29) is 17.5 Å². The molecule has 36 heavy (non-hydrogen) atoms. The van der Waals surface area contributed by atoms with Crippen molar-refractivity contribution in [3.8, 4) is 11.5 Å². The third kappa shape index (κ3) is 6.46. The number of nitrogens with one attached hydrogen (secondary N) is 2. The molecule has 1 saturated heterocycles. The minimum Gasteiger partial charge on any atom is -0.493 e. The number of halogens is 1. The van der Waals surface area contributed by atoms with Crippen molar-refractivity contribution in [2.24, 2.45) is 0 Å². The number of carbonyl (C=O) groups is 1. The monoisotopic (exact) mass is 512 g/mol. The second-order valence-electron chi connectivity index (χ2n) is 8.45. The van der Waals surface area contributed by atoms with E-state index in [0.717, 1.165) is 30.9 Å². The molecular formula is C25H29ClN6O4. The fraction of sp³-hybridized carbons (Fsp3) is 0.320. The van der Waals surface area contributed by atoms with Gasteiger partial charge >= 0.3 is 0 Å². The highest BCUT2D eigenvalue weighted by Gasteiger charge is 2.22. The lowest BCUT2D eigenvalue weighted by Crippen LogP contribution is -2.49. The van der Waals surface area contributed by atoms with Crippen LogP contribution in [0.1, 0.15) is 11.1 Å². The number of hydrogen-bond acceptors (Lipinski definition) is 8. The standard InChI is InChI=1S/C25H29ClN6O4/c1-35-21-7-4-18(13-28-20-14-29-30-25(34)24(20)26)12-22(21)36-16-23(33)32-10-8-31(9-11-32)15-17-2-5-19(27)6-3-17/h2-7,12,14H,8-11,13,15-16,27H2,1H3,(H2,28,30,34). The normalized spacial score (nSPS) is 13.9. The van der Waals surface area contributed by atoms with Crippen molar-refractivity contribution >= 4 is 28.9 Å². The lowest BCUT2D eigenvalue weighted by Gasteiger charge is -2.34. The molecule has 0 radical (unpaired) electrons. The van der Waals surface area contributed by atoms with E-state index >= 15 is 0 Å². The maximum atomic E-state index is 12.8. The first-order valence-electron chi connectivity index (χ1n) is 11.5. The average molecular weight is 513 g/mol. The number of aromatic nitrogens is 2. The van der Waals surface area contributed by atoms with Crippen LogP contribution in [0.25, 0.3) is 0 Å². The maximum Gasteiger partial charge on any atom is 0.285 e. The highest BCUT2D eigenvalue weighted by Crippen LogP contribution is 2.29. The third-order valence-electron chi connectivity index (χ3n) is 5.97. The van der Waals surface area contributed by atoms with E-state index in [1.807, 2.05) is 35.2 Å². The van der Waals surface area contributed by atoms with Gasteiger partial charge in [-0.3, -0.25) is 14.5 Å². The Bertz CT molecular complexity index is 1240. The van der Waals surface area contributed by atoms with E-state index in [4.69, 9.17) is 26.8 Å². The molecule has 4 rings (SSSR count). The first kappa shape index (κ1) is 25.3. The number of methoxy groups -OCH3 is 1. The summed E-state index contributed by atoms with van der Waals surface area (Å²) in [6, 6.07) is 13.3. The summed E-state index contributed by atoms with van der Waals surface area (Å²) in [6.07, 6.45) is 1.44. The van der Waals surface area contributed by atoms with Crippen LogP contribution in [-0.2, 0) is 17.9 Å². The van der Waals surface area contributed by atoms with Crippen LogP contribution >= 0.6 is 11.6 Å². The van der Waals surface area contributed by atoms with Gasteiger partial charge in [0.2, 0.25) is 0 Å². The number of carbonyl (C=O) groups excluding carboxylic acids is 1. The molecule has 1 aliphatic rings. The van der Waals surface area contributed by atoms with Crippen molar-refractivity contribution in [2.75, 3.05) is 50.9 Å². The Morgan fingerprint density at radius 1 is 1.11 bits per heavy atom. The summed E-state index contributed by atoms with van der Waals surface area (Å²) in [6.45, 7) is 3.98. The number of rotatable bonds is 9. The maximum absolute atomic E-state index is 12.8. The van der Waals surface area contributed by atoms with Crippen LogP contribution in [0.4, 0.5) is 11.4 Å². The molecule has 0 bridgehead atoms. The zero-order valence-electron chi connectivity index (χ0n) is 20.0. The Hall–Kier alpha value is -3.76. The molecule has 190 valence electrons. The van der Waals surface area contributed by atoms with Gasteiger partial charge in [0.25, 0.3) is 11.5 Å². The van der Waals surface area contributed by atoms with Gasteiger partial charge in [0, 0.05) is 45.0 Å². The molecule has 0 aliphatic carbocycles. The predicted molar refractivity (Wildman–Crippen MR) is 138 cm³/mol. The Morgan fingerprint density at radius 2 is 1.83 bits per heavy atom. The Labute approximate surface area is 213 Å². The highest BCUT2D eigenvalue weighted by molar-refractivity contribution is 6.32. The smallest absolute Gasteiger partial charge is 0.285 e. The number of aromatic amines is 1. The molecule has 1 aromatic heterocycles. The molecule has 0 spiro atoms. The van der Waals surface area contributed by atoms with Crippen molar-refractivity contribution in [1.29, 1.82) is 0 Å². The van der Waals surface area contributed by atoms with Gasteiger partial charge in [-0.15, -0.1) is 0 Å². The number of piperazine rings is 1. The number of nitrogen functional groups attached to an aromatic ring is 1. The van der Waals surface area contributed by atoms with E-state index in [0.29, 0.717) is 36.8 Å². The molecule has 1 aliphatic heterocycles. The number of ether oxygens (including phenoxy) is 2. The van der Waals surface area contributed by atoms with E-state index in [2.05, 4.69) is 20.4 Å². The first-order valence-corrected chi connectivity index (χ1v) is 11.9. The summed E-state index contributed by atoms with van der Waals surface area (Å²) in [7, 11) is 1.55. The highest BCUT2D eigenvalue weighted by atomic mass is 35.5. The van der Waals surface area contributed by atoms with Gasteiger partial charge in [0.1, 0.15) is 5.02 Å². The molecule has 1 amide bonds. The van der Waals surface area contributed by atoms with Gasteiger partial charge in [-0.1, -0.05) is 29.8 Å². The second kappa shape index (κ2) is 11.8. The van der Waals surface area contributed by atoms with Crippen LogP contribution in [-0.4, -0.2) is 65.8 Å². The summed E-state index contributed by atoms with van der Waals surface area (Å²) in [5.74, 6) is 0.909. The number of H-pyrrole nitrogens is 1. The SMILES string of the molecule is COc1ccc(CNc2cn[nH]c(=O)c2Cl)cc1OCC(=O)N1CCN(Cc2ccc(N)cc2)CC1. The van der Waals surface area contributed by atoms with Crippen molar-refractivity contribution in [3.05, 3.63) is 75.2 Å². The van der Waals surface area contributed by atoms with Gasteiger partial charge in [0.05, 0.1) is 19.0 Å². The van der Waals surface area contributed by atoms with Crippen LogP contribution in [0, 0.1) is 0 Å². The van der Waals surface area contributed by atoms with Crippen molar-refractivity contribution in [2.45, 2.75) is 13.1 Å². The largest absolute Gasteiger partial charge is 0.493 e. The lowest BCUT2D eigenvalue weighted by atomic mass is 10.2. The zero-order chi connectivity index (χ0) is 25.5. The van der Waals surface area contributed by atoms with E-state index < -0.39 is 5.56 Å². The predicted octanol–water partition coefficient (Wildman–Crippen LogP) is 2.35. The van der Waals surface area contributed by atoms with Crippen LogP contribution in [0.3, 0.4) is 0 Å². The number of nitrogens with two attached hydrogens (primary N) is 1. The Morgan fingerprint density at radius 3 is 2.56 bits per heavy atom. The third-order valence-corrected chi connectivity index (χ3v) is 6.34. The molecule has 1 fully saturated rings. The van der Waals surface area contributed by atoms with Crippen LogP contribution in [0.2, 0.25) is 5.02 Å². The number of nitrogens with zero attached hydrogens (tertiary/aromatic N) is 3. The van der Waals surface area contributed by atoms with E-state index in [9.17, 15) is 9.59 Å². The molecule has 2 aromatic carbocycles. The Kier molecular flexibility index (Phi) is 8.29. The molecule has 0 atom stereocenters. The topological polar surface area (TPSA) is 126 Å². The minimum absolute atomic E-state index is 0.0362. The van der Waals surface area contributed by atoms with Crippen LogP contribution in [0.15, 0.2) is 53.5 Å². The summed E-state index contributed by atoms with van der Waals surface area (Å²) in [5.41, 5.74) is 8.52. The Balaban J connectivity index is 1.29. The van der Waals surface area contributed by atoms with Gasteiger partial charge < -0.3 is 25.4 Å². The summed E-state index contributed by atoms with van der Waals surface area (Å²) >= 11 is 6.01. The summed E-state index contributed by atoms with van der Waals surface area (Å²) < 4.78 is 11.2. The van der Waals surface area contributed by atoms with E-state index in [1.165, 1.54) is 11.8 Å². The van der Waals surface area contributed by atoms with Crippen molar-refractivity contribution < 1.29 is 14.3 Å². The van der Waals surface area contributed by atoms with Gasteiger partial charge in [0.15, 0.2) is 18.1 Å². The first-order chi connectivity index (χ1) is 17.4. The summed E-state index contributed by atoms with van der Waals surface area (Å²) in [5, 5.41) is 9.13. The molecular weight excluding hydrogens is 484 g/mol. The lowest BCUT2D eigenvalue weighted by molar-refractivity contribution is -0.135. The van der Waals surface area contributed by atoms with Gasteiger partial charge in [-0.05, 0) is 35.4 Å². The fourth-order valence-corrected chi connectivity index (χ4v) is 4.07. The molecule has 3 aromatic rings. The molecule has 0 saturated carbocycles. The number of amides is 1. The van der Waals surface area contributed by atoms with Gasteiger partial charge in [-0.2, -0.15) is 5.10 Å². The van der Waals surface area contributed by atoms with Crippen molar-refractivity contribution in [1.82, 2.24) is 20.0 Å². The quantitative estimate of drug-likeness (QED) is 0.373. The van der Waals surface area contributed by atoms with Gasteiger partial charge in [-0.25, -0.2) is 5.10 Å². The minimum atomic E-state index is -0.468. The van der Waals surface area contributed by atoms with Crippen LogP contribution < -0.4 is 26.1 Å². The molecule has 2 heterocycles. The number of anilines is 2.